The van der Waals surface area contributed by atoms with Crippen LogP contribution in [0.2, 0.25) is 5.02 Å². The van der Waals surface area contributed by atoms with E-state index in [4.69, 9.17) is 17.4 Å². The average Bonchev–Trinajstić information content (AvgIpc) is 3.00. The van der Waals surface area contributed by atoms with E-state index in [-0.39, 0.29) is 0 Å². The van der Waals surface area contributed by atoms with Gasteiger partial charge in [-0.2, -0.15) is 5.10 Å². The zero-order valence-electron chi connectivity index (χ0n) is 13.4. The molecule has 0 radical (unpaired) electrons. The Balaban J connectivity index is 1.64. The van der Waals surface area contributed by atoms with Crippen molar-refractivity contribution in [2.45, 2.75) is 17.8 Å². The second-order valence-electron chi connectivity index (χ2n) is 5.12. The number of nitrogens with one attached hydrogen (secondary N) is 1. The molecule has 0 saturated carbocycles. The lowest BCUT2D eigenvalue weighted by molar-refractivity contribution is 0.846. The third-order valence-corrected chi connectivity index (χ3v) is 4.57. The minimum absolute atomic E-state index is 0.355. The predicted octanol–water partition coefficient (Wildman–Crippen LogP) is 3.17. The van der Waals surface area contributed by atoms with Crippen LogP contribution in [0.4, 0.5) is 5.95 Å². The van der Waals surface area contributed by atoms with E-state index in [9.17, 15) is 0 Å². The van der Waals surface area contributed by atoms with Crippen molar-refractivity contribution in [3.05, 3.63) is 64.9 Å². The highest BCUT2D eigenvalue weighted by Crippen LogP contribution is 2.22. The Morgan fingerprint density at radius 3 is 2.76 bits per heavy atom. The number of thioether (sulfide) groups is 1. The molecule has 7 nitrogen and oxygen atoms in total. The van der Waals surface area contributed by atoms with Gasteiger partial charge in [-0.05, 0) is 36.8 Å². The summed E-state index contributed by atoms with van der Waals surface area (Å²) >= 11 is 7.36. The molecule has 0 fully saturated rings. The van der Waals surface area contributed by atoms with E-state index in [0.29, 0.717) is 21.9 Å². The van der Waals surface area contributed by atoms with Gasteiger partial charge in [0, 0.05) is 17.0 Å². The molecule has 3 rings (SSSR count). The van der Waals surface area contributed by atoms with Gasteiger partial charge in [0.25, 0.3) is 5.95 Å². The molecule has 0 unspecified atom stereocenters. The number of benzene rings is 1. The molecule has 25 heavy (non-hydrogen) atoms. The van der Waals surface area contributed by atoms with Crippen molar-refractivity contribution in [3.63, 3.8) is 0 Å². The largest absolute Gasteiger partial charge is 0.334 e. The maximum absolute atomic E-state index is 6.02. The van der Waals surface area contributed by atoms with Crippen molar-refractivity contribution in [2.24, 2.45) is 5.10 Å². The van der Waals surface area contributed by atoms with Crippen molar-refractivity contribution < 1.29 is 0 Å². The van der Waals surface area contributed by atoms with Gasteiger partial charge < -0.3 is 5.84 Å². The van der Waals surface area contributed by atoms with Gasteiger partial charge in [0.2, 0.25) is 5.16 Å². The van der Waals surface area contributed by atoms with Crippen LogP contribution in [0.25, 0.3) is 0 Å². The number of halogens is 1. The summed E-state index contributed by atoms with van der Waals surface area (Å²) < 4.78 is 1.37. The van der Waals surface area contributed by atoms with Crippen LogP contribution in [-0.4, -0.2) is 25.6 Å². The summed E-state index contributed by atoms with van der Waals surface area (Å²) in [5, 5.41) is 13.6. The average molecular weight is 374 g/mol. The highest BCUT2D eigenvalue weighted by molar-refractivity contribution is 7.98. The second-order valence-corrected chi connectivity index (χ2v) is 6.49. The number of hydrazone groups is 1. The Kier molecular flexibility index (Phi) is 5.52. The number of aromatic nitrogens is 4. The number of pyridine rings is 1. The van der Waals surface area contributed by atoms with E-state index >= 15 is 0 Å². The molecule has 3 aromatic rings. The summed E-state index contributed by atoms with van der Waals surface area (Å²) in [6.45, 7) is 1.85. The Hall–Kier alpha value is -2.58. The summed E-state index contributed by atoms with van der Waals surface area (Å²) in [7, 11) is 0. The Labute approximate surface area is 154 Å². The van der Waals surface area contributed by atoms with Gasteiger partial charge in [-0.15, -0.1) is 10.2 Å². The van der Waals surface area contributed by atoms with Gasteiger partial charge in [-0.1, -0.05) is 41.6 Å². The van der Waals surface area contributed by atoms with Gasteiger partial charge in [0.1, 0.15) is 0 Å². The lowest BCUT2D eigenvalue weighted by Crippen LogP contribution is -2.14. The van der Waals surface area contributed by atoms with E-state index in [0.717, 1.165) is 17.0 Å². The van der Waals surface area contributed by atoms with Crippen LogP contribution in [0.5, 0.6) is 0 Å². The number of hydrogen-bond acceptors (Lipinski definition) is 7. The van der Waals surface area contributed by atoms with Gasteiger partial charge in [-0.25, -0.2) is 10.1 Å². The smallest absolute Gasteiger partial charge is 0.264 e. The molecule has 0 spiro atoms. The van der Waals surface area contributed by atoms with Crippen molar-refractivity contribution in [1.82, 2.24) is 19.9 Å². The number of nitrogens with two attached hydrogens (primary N) is 1. The van der Waals surface area contributed by atoms with E-state index in [1.54, 1.807) is 6.20 Å². The molecular weight excluding hydrogens is 358 g/mol. The van der Waals surface area contributed by atoms with Crippen molar-refractivity contribution >= 4 is 35.0 Å². The number of anilines is 1. The summed E-state index contributed by atoms with van der Waals surface area (Å²) in [5.41, 5.74) is 5.43. The van der Waals surface area contributed by atoms with Crippen molar-refractivity contribution in [3.8, 4) is 0 Å². The topological polar surface area (TPSA) is 94.0 Å². The molecule has 0 saturated heterocycles. The zero-order valence-corrected chi connectivity index (χ0v) is 15.0. The van der Waals surface area contributed by atoms with Gasteiger partial charge in [-0.3, -0.25) is 4.98 Å². The first-order chi connectivity index (χ1) is 12.1. The maximum Gasteiger partial charge on any atom is 0.264 e. The van der Waals surface area contributed by atoms with Gasteiger partial charge >= 0.3 is 0 Å². The van der Waals surface area contributed by atoms with E-state index in [1.807, 2.05) is 49.4 Å². The molecule has 0 aliphatic heterocycles. The highest BCUT2D eigenvalue weighted by atomic mass is 35.5. The van der Waals surface area contributed by atoms with E-state index in [2.05, 4.69) is 25.7 Å². The zero-order chi connectivity index (χ0) is 17.6. The lowest BCUT2D eigenvalue weighted by Gasteiger charge is -2.04. The van der Waals surface area contributed by atoms with Crippen LogP contribution in [0.15, 0.2) is 58.9 Å². The fraction of sp³-hybridized carbons (Fsp3) is 0.125. The molecule has 2 heterocycles. The summed E-state index contributed by atoms with van der Waals surface area (Å²) in [6, 6.07) is 13.3. The van der Waals surface area contributed by atoms with Gasteiger partial charge in [0.05, 0.1) is 11.4 Å². The van der Waals surface area contributed by atoms with Crippen LogP contribution in [0, 0.1) is 0 Å². The summed E-state index contributed by atoms with van der Waals surface area (Å²) in [5.74, 6) is 7.09. The van der Waals surface area contributed by atoms with Gasteiger partial charge in [0.15, 0.2) is 0 Å². The molecular formula is C16H16ClN7S. The van der Waals surface area contributed by atoms with Crippen LogP contribution in [-0.2, 0) is 5.75 Å². The molecule has 1 aromatic carbocycles. The van der Waals surface area contributed by atoms with Crippen molar-refractivity contribution in [1.29, 1.82) is 0 Å². The normalized spacial score (nSPS) is 11.5. The SMILES string of the molecule is C/C(=N\Nc1nnc(SCc2ccc(Cl)cc2)n1N)c1ccccn1. The molecule has 0 aliphatic carbocycles. The number of rotatable bonds is 6. The summed E-state index contributed by atoms with van der Waals surface area (Å²) in [4.78, 5) is 4.23. The first kappa shape index (κ1) is 17.2. The molecule has 2 aromatic heterocycles. The molecule has 0 bridgehead atoms. The lowest BCUT2D eigenvalue weighted by atomic mass is 10.2. The van der Waals surface area contributed by atoms with Crippen LogP contribution < -0.4 is 11.3 Å². The summed E-state index contributed by atoms with van der Waals surface area (Å²) in [6.07, 6.45) is 1.71. The van der Waals surface area contributed by atoms with Crippen LogP contribution in [0.3, 0.4) is 0 Å². The number of nitrogens with zero attached hydrogens (tertiary/aromatic N) is 5. The third kappa shape index (κ3) is 4.49. The van der Waals surface area contributed by atoms with Crippen molar-refractivity contribution in [2.75, 3.05) is 11.3 Å². The first-order valence-electron chi connectivity index (χ1n) is 7.43. The first-order valence-corrected chi connectivity index (χ1v) is 8.79. The molecule has 0 amide bonds. The minimum Gasteiger partial charge on any atom is -0.334 e. The molecule has 0 aliphatic rings. The Morgan fingerprint density at radius 2 is 2.04 bits per heavy atom. The van der Waals surface area contributed by atoms with E-state index < -0.39 is 0 Å². The molecule has 0 atom stereocenters. The highest BCUT2D eigenvalue weighted by Gasteiger charge is 2.10. The molecule has 128 valence electrons. The fourth-order valence-corrected chi connectivity index (χ4v) is 2.89. The standard InChI is InChI=1S/C16H16ClN7S/c1-11(14-4-2-3-9-19-14)20-21-15-22-23-16(24(15)18)25-10-12-5-7-13(17)8-6-12/h2-9H,10,18H2,1H3,(H,21,22)/b20-11+. The second kappa shape index (κ2) is 8.00. The fourth-order valence-electron chi connectivity index (χ4n) is 1.95. The molecule has 9 heteroatoms. The minimum atomic E-state index is 0.355. The Bertz CT molecular complexity index is 862. The van der Waals surface area contributed by atoms with Crippen LogP contribution >= 0.6 is 23.4 Å². The predicted molar refractivity (Wildman–Crippen MR) is 101 cm³/mol. The monoisotopic (exact) mass is 373 g/mol. The molecule has 3 N–H and O–H groups in total. The van der Waals surface area contributed by atoms with E-state index in [1.165, 1.54) is 16.4 Å². The van der Waals surface area contributed by atoms with Crippen LogP contribution in [0.1, 0.15) is 18.2 Å². The number of hydrogen-bond donors (Lipinski definition) is 2. The maximum atomic E-state index is 6.02. The number of nitrogen functional groups attached to an aromatic ring is 1. The Morgan fingerprint density at radius 1 is 1.24 bits per heavy atom. The quantitative estimate of drug-likeness (QED) is 0.298. The third-order valence-electron chi connectivity index (χ3n) is 3.30.